The summed E-state index contributed by atoms with van der Waals surface area (Å²) in [5.74, 6) is 0.394. The van der Waals surface area contributed by atoms with E-state index in [4.69, 9.17) is 9.26 Å². The van der Waals surface area contributed by atoms with Gasteiger partial charge in [0.15, 0.2) is 11.5 Å². The lowest BCUT2D eigenvalue weighted by Crippen LogP contribution is -2.50. The van der Waals surface area contributed by atoms with Crippen molar-refractivity contribution >= 4 is 11.8 Å². The van der Waals surface area contributed by atoms with E-state index in [0.29, 0.717) is 18.1 Å². The Balaban J connectivity index is 1.70. The molecular weight excluding hydrogens is 394 g/mol. The molecule has 1 heterocycles. The van der Waals surface area contributed by atoms with E-state index in [1.807, 2.05) is 62.4 Å². The quantitative estimate of drug-likeness (QED) is 0.599. The van der Waals surface area contributed by atoms with Crippen molar-refractivity contribution in [2.24, 2.45) is 5.92 Å². The maximum atomic E-state index is 13.0. The monoisotopic (exact) mass is 421 g/mol. The molecule has 31 heavy (non-hydrogen) atoms. The second-order valence-electron chi connectivity index (χ2n) is 7.68. The van der Waals surface area contributed by atoms with Crippen LogP contribution in [0, 0.1) is 5.92 Å². The van der Waals surface area contributed by atoms with Crippen LogP contribution in [-0.4, -0.2) is 42.1 Å². The summed E-state index contributed by atoms with van der Waals surface area (Å²) in [6.07, 6.45) is 0. The second-order valence-corrected chi connectivity index (χ2v) is 7.68. The molecule has 3 rings (SSSR count). The van der Waals surface area contributed by atoms with Gasteiger partial charge in [-0.3, -0.25) is 9.59 Å². The highest BCUT2D eigenvalue weighted by molar-refractivity contribution is 5.96. The highest BCUT2D eigenvalue weighted by Gasteiger charge is 2.28. The molecule has 3 aromatic rings. The van der Waals surface area contributed by atoms with Gasteiger partial charge in [-0.25, -0.2) is 0 Å². The fourth-order valence-corrected chi connectivity index (χ4v) is 3.20. The van der Waals surface area contributed by atoms with Gasteiger partial charge in [0, 0.05) is 25.2 Å². The van der Waals surface area contributed by atoms with E-state index < -0.39 is 11.9 Å². The molecule has 2 amide bonds. The summed E-state index contributed by atoms with van der Waals surface area (Å²) < 4.78 is 10.6. The minimum absolute atomic E-state index is 0.0978. The number of nitrogens with zero attached hydrogens (tertiary/aromatic N) is 2. The standard InChI is InChI=1S/C24H27N3O4/c1-16(2)22(24(29)27(3)15-17-9-6-5-7-10-17)25-23(28)20-14-21(31-26-20)18-11-8-12-19(13-18)30-4/h5-14,16,22H,15H2,1-4H3,(H,25,28)/t22-/m0/s1. The van der Waals surface area contributed by atoms with Crippen LogP contribution in [0.4, 0.5) is 0 Å². The Hall–Kier alpha value is -3.61. The van der Waals surface area contributed by atoms with Gasteiger partial charge >= 0.3 is 0 Å². The van der Waals surface area contributed by atoms with Gasteiger partial charge < -0.3 is 19.5 Å². The molecule has 2 aromatic carbocycles. The number of aromatic nitrogens is 1. The van der Waals surface area contributed by atoms with E-state index in [2.05, 4.69) is 10.5 Å². The fourth-order valence-electron chi connectivity index (χ4n) is 3.20. The lowest BCUT2D eigenvalue weighted by atomic mass is 10.0. The topological polar surface area (TPSA) is 84.7 Å². The zero-order valence-electron chi connectivity index (χ0n) is 18.2. The van der Waals surface area contributed by atoms with Crippen LogP contribution < -0.4 is 10.1 Å². The lowest BCUT2D eigenvalue weighted by Gasteiger charge is -2.27. The zero-order valence-corrected chi connectivity index (χ0v) is 18.2. The largest absolute Gasteiger partial charge is 0.497 e. The molecule has 0 spiro atoms. The number of benzene rings is 2. The summed E-state index contributed by atoms with van der Waals surface area (Å²) in [5, 5.41) is 6.69. The third-order valence-corrected chi connectivity index (χ3v) is 4.96. The molecule has 0 saturated heterocycles. The molecule has 0 unspecified atom stereocenters. The van der Waals surface area contributed by atoms with Gasteiger partial charge in [-0.1, -0.05) is 61.5 Å². The molecule has 1 atom stereocenters. The van der Waals surface area contributed by atoms with E-state index in [1.165, 1.54) is 0 Å². The molecule has 7 heteroatoms. The van der Waals surface area contributed by atoms with Crippen molar-refractivity contribution in [1.29, 1.82) is 0 Å². The molecule has 162 valence electrons. The maximum absolute atomic E-state index is 13.0. The van der Waals surface area contributed by atoms with Crippen molar-refractivity contribution in [3.05, 3.63) is 71.9 Å². The number of rotatable bonds is 8. The Morgan fingerprint density at radius 3 is 2.52 bits per heavy atom. The Kier molecular flexibility index (Phi) is 7.07. The summed E-state index contributed by atoms with van der Waals surface area (Å²) in [4.78, 5) is 27.4. The normalized spacial score (nSPS) is 11.8. The van der Waals surface area contributed by atoms with Gasteiger partial charge in [0.1, 0.15) is 11.8 Å². The molecule has 1 N–H and O–H groups in total. The van der Waals surface area contributed by atoms with Crippen LogP contribution in [0.1, 0.15) is 29.9 Å². The van der Waals surface area contributed by atoms with Crippen molar-refractivity contribution in [1.82, 2.24) is 15.4 Å². The number of ether oxygens (including phenoxy) is 1. The van der Waals surface area contributed by atoms with Crippen molar-refractivity contribution in [3.63, 3.8) is 0 Å². The minimum Gasteiger partial charge on any atom is -0.497 e. The average Bonchev–Trinajstić information content (AvgIpc) is 3.28. The molecular formula is C24H27N3O4. The Labute approximate surface area is 182 Å². The second kappa shape index (κ2) is 9.93. The highest BCUT2D eigenvalue weighted by atomic mass is 16.5. The van der Waals surface area contributed by atoms with Crippen LogP contribution >= 0.6 is 0 Å². The molecule has 0 aliphatic carbocycles. The van der Waals surface area contributed by atoms with Crippen LogP contribution in [0.2, 0.25) is 0 Å². The molecule has 0 fully saturated rings. The first-order valence-electron chi connectivity index (χ1n) is 10.1. The summed E-state index contributed by atoms with van der Waals surface area (Å²) >= 11 is 0. The maximum Gasteiger partial charge on any atom is 0.274 e. The number of carbonyl (C=O) groups excluding carboxylic acids is 2. The van der Waals surface area contributed by atoms with Gasteiger partial charge in [-0.2, -0.15) is 0 Å². The predicted octanol–water partition coefficient (Wildman–Crippen LogP) is 3.76. The molecule has 0 saturated carbocycles. The summed E-state index contributed by atoms with van der Waals surface area (Å²) in [6.45, 7) is 4.25. The number of likely N-dealkylation sites (N-methyl/N-ethyl adjacent to an activating group) is 1. The first kappa shape index (κ1) is 22.1. The predicted molar refractivity (Wildman–Crippen MR) is 117 cm³/mol. The van der Waals surface area contributed by atoms with Crippen LogP contribution in [-0.2, 0) is 11.3 Å². The van der Waals surface area contributed by atoms with Crippen LogP contribution in [0.5, 0.6) is 5.75 Å². The molecule has 7 nitrogen and oxygen atoms in total. The van der Waals surface area contributed by atoms with Crippen LogP contribution in [0.15, 0.2) is 65.2 Å². The third-order valence-electron chi connectivity index (χ3n) is 4.96. The van der Waals surface area contributed by atoms with E-state index in [1.54, 1.807) is 31.2 Å². The Morgan fingerprint density at radius 2 is 1.84 bits per heavy atom. The number of hydrogen-bond acceptors (Lipinski definition) is 5. The first-order chi connectivity index (χ1) is 14.9. The summed E-state index contributed by atoms with van der Waals surface area (Å²) in [5.41, 5.74) is 1.87. The third kappa shape index (κ3) is 5.51. The van der Waals surface area contributed by atoms with Crippen molar-refractivity contribution < 1.29 is 18.8 Å². The minimum atomic E-state index is -0.682. The molecule has 0 aliphatic rings. The van der Waals surface area contributed by atoms with Gasteiger partial charge in [0.2, 0.25) is 5.91 Å². The van der Waals surface area contributed by atoms with Crippen molar-refractivity contribution in [2.45, 2.75) is 26.4 Å². The lowest BCUT2D eigenvalue weighted by molar-refractivity contribution is -0.133. The number of carbonyl (C=O) groups is 2. The van der Waals surface area contributed by atoms with Gasteiger partial charge in [0.25, 0.3) is 5.91 Å². The van der Waals surface area contributed by atoms with E-state index in [0.717, 1.165) is 11.1 Å². The van der Waals surface area contributed by atoms with E-state index >= 15 is 0 Å². The number of methoxy groups -OCH3 is 1. The smallest absolute Gasteiger partial charge is 0.274 e. The van der Waals surface area contributed by atoms with E-state index in [-0.39, 0.29) is 17.5 Å². The molecule has 0 radical (unpaired) electrons. The molecule has 1 aromatic heterocycles. The van der Waals surface area contributed by atoms with Crippen LogP contribution in [0.3, 0.4) is 0 Å². The van der Waals surface area contributed by atoms with Gasteiger partial charge in [0.05, 0.1) is 7.11 Å². The summed E-state index contributed by atoms with van der Waals surface area (Å²) in [7, 11) is 3.31. The number of amides is 2. The molecule has 0 aliphatic heterocycles. The zero-order chi connectivity index (χ0) is 22.4. The van der Waals surface area contributed by atoms with Gasteiger partial charge in [-0.15, -0.1) is 0 Å². The van der Waals surface area contributed by atoms with E-state index in [9.17, 15) is 9.59 Å². The molecule has 0 bridgehead atoms. The summed E-state index contributed by atoms with van der Waals surface area (Å²) in [6, 6.07) is 17.9. The first-order valence-corrected chi connectivity index (χ1v) is 10.1. The Bertz CT molecular complexity index is 1030. The fraction of sp³-hybridized carbons (Fsp3) is 0.292. The van der Waals surface area contributed by atoms with Crippen molar-refractivity contribution in [2.75, 3.05) is 14.2 Å². The number of hydrogen-bond donors (Lipinski definition) is 1. The average molecular weight is 421 g/mol. The van der Waals surface area contributed by atoms with Crippen molar-refractivity contribution in [3.8, 4) is 17.1 Å². The highest BCUT2D eigenvalue weighted by Crippen LogP contribution is 2.24. The van der Waals surface area contributed by atoms with Crippen LogP contribution in [0.25, 0.3) is 11.3 Å². The Morgan fingerprint density at radius 1 is 1.10 bits per heavy atom. The SMILES string of the molecule is COc1cccc(-c2cc(C(=O)N[C@H](C(=O)N(C)Cc3ccccc3)C(C)C)no2)c1. The van der Waals surface area contributed by atoms with Gasteiger partial charge in [-0.05, 0) is 23.6 Å². The number of nitrogens with one attached hydrogen (secondary N) is 1.